The largest absolute Gasteiger partial charge is 0.379 e. The van der Waals surface area contributed by atoms with Crippen LogP contribution in [0, 0.1) is 0 Å². The highest BCUT2D eigenvalue weighted by Crippen LogP contribution is 2.24. The van der Waals surface area contributed by atoms with Crippen LogP contribution in [-0.4, -0.2) is 42.3 Å². The van der Waals surface area contributed by atoms with E-state index in [9.17, 15) is 8.42 Å². The SMILES string of the molecule is CC(Br)C1COCC(CBr)S1(=O)=O. The number of halogens is 2. The lowest BCUT2D eigenvalue weighted by Crippen LogP contribution is -2.47. The molecule has 3 atom stereocenters. The van der Waals surface area contributed by atoms with Gasteiger partial charge in [0.15, 0.2) is 9.84 Å². The van der Waals surface area contributed by atoms with E-state index in [1.807, 2.05) is 6.92 Å². The summed E-state index contributed by atoms with van der Waals surface area (Å²) in [5.41, 5.74) is 0. The second-order valence-electron chi connectivity index (χ2n) is 3.12. The van der Waals surface area contributed by atoms with Gasteiger partial charge in [-0.25, -0.2) is 8.42 Å². The Labute approximate surface area is 95.4 Å². The van der Waals surface area contributed by atoms with E-state index in [2.05, 4.69) is 31.9 Å². The van der Waals surface area contributed by atoms with Crippen molar-refractivity contribution in [2.45, 2.75) is 22.3 Å². The van der Waals surface area contributed by atoms with E-state index in [-0.39, 0.29) is 4.83 Å². The summed E-state index contributed by atoms with van der Waals surface area (Å²) in [6.45, 7) is 2.45. The summed E-state index contributed by atoms with van der Waals surface area (Å²) in [6.07, 6.45) is 0. The second kappa shape index (κ2) is 4.59. The molecule has 0 bridgehead atoms. The fraction of sp³-hybridized carbons (Fsp3) is 1.00. The average Bonchev–Trinajstić information content (AvgIpc) is 2.02. The van der Waals surface area contributed by atoms with Gasteiger partial charge in [0, 0.05) is 10.2 Å². The lowest BCUT2D eigenvalue weighted by Gasteiger charge is -2.30. The highest BCUT2D eigenvalue weighted by molar-refractivity contribution is 9.09. The molecule has 1 heterocycles. The third-order valence-electron chi connectivity index (χ3n) is 2.16. The van der Waals surface area contributed by atoms with Gasteiger partial charge in [-0.3, -0.25) is 0 Å². The molecular formula is C7H12Br2O3S. The van der Waals surface area contributed by atoms with E-state index in [1.54, 1.807) is 0 Å². The van der Waals surface area contributed by atoms with Crippen LogP contribution < -0.4 is 0 Å². The highest BCUT2D eigenvalue weighted by atomic mass is 79.9. The van der Waals surface area contributed by atoms with Crippen LogP contribution in [0.1, 0.15) is 6.92 Å². The number of sulfone groups is 1. The Balaban J connectivity index is 2.88. The Morgan fingerprint density at radius 3 is 2.62 bits per heavy atom. The van der Waals surface area contributed by atoms with E-state index in [4.69, 9.17) is 4.74 Å². The van der Waals surface area contributed by atoms with Gasteiger partial charge in [0.25, 0.3) is 0 Å². The maximum absolute atomic E-state index is 11.8. The maximum Gasteiger partial charge on any atom is 0.162 e. The molecule has 1 aliphatic rings. The minimum Gasteiger partial charge on any atom is -0.379 e. The minimum atomic E-state index is -3.03. The van der Waals surface area contributed by atoms with Gasteiger partial charge in [0.1, 0.15) is 0 Å². The van der Waals surface area contributed by atoms with Crippen LogP contribution in [0.2, 0.25) is 0 Å². The molecule has 0 aromatic rings. The standard InChI is InChI=1S/C7H12Br2O3S/c1-5(9)7-4-12-3-6(2-8)13(7,10)11/h5-7H,2-4H2,1H3. The quantitative estimate of drug-likeness (QED) is 0.715. The van der Waals surface area contributed by atoms with Crippen molar-refractivity contribution < 1.29 is 13.2 Å². The molecule has 0 N–H and O–H groups in total. The summed E-state index contributed by atoms with van der Waals surface area (Å²) in [5.74, 6) is 0. The number of rotatable bonds is 2. The molecule has 0 amide bonds. The van der Waals surface area contributed by atoms with Gasteiger partial charge in [-0.15, -0.1) is 0 Å². The first-order valence-corrected chi connectivity index (χ1v) is 7.65. The molecule has 3 unspecified atom stereocenters. The molecule has 1 fully saturated rings. The average molecular weight is 336 g/mol. The molecule has 78 valence electrons. The summed E-state index contributed by atoms with van der Waals surface area (Å²) in [6, 6.07) is 0. The van der Waals surface area contributed by atoms with Gasteiger partial charge in [-0.1, -0.05) is 38.8 Å². The molecule has 6 heteroatoms. The first-order valence-electron chi connectivity index (χ1n) is 4.00. The van der Waals surface area contributed by atoms with Gasteiger partial charge in [-0.05, 0) is 0 Å². The van der Waals surface area contributed by atoms with Crippen LogP contribution in [-0.2, 0) is 14.6 Å². The molecule has 0 aromatic carbocycles. The number of ether oxygens (including phenoxy) is 1. The van der Waals surface area contributed by atoms with Gasteiger partial charge in [-0.2, -0.15) is 0 Å². The molecule has 0 aliphatic carbocycles. The van der Waals surface area contributed by atoms with Crippen LogP contribution >= 0.6 is 31.9 Å². The summed E-state index contributed by atoms with van der Waals surface area (Å²) in [7, 11) is -3.03. The zero-order chi connectivity index (χ0) is 10.1. The Morgan fingerprint density at radius 2 is 2.15 bits per heavy atom. The minimum absolute atomic E-state index is 0.0562. The van der Waals surface area contributed by atoms with E-state index in [0.29, 0.717) is 18.5 Å². The lowest BCUT2D eigenvalue weighted by atomic mass is 10.3. The molecule has 1 saturated heterocycles. The van der Waals surface area contributed by atoms with Crippen molar-refractivity contribution in [3.05, 3.63) is 0 Å². The Kier molecular flexibility index (Phi) is 4.22. The van der Waals surface area contributed by atoms with Crippen molar-refractivity contribution in [1.29, 1.82) is 0 Å². The predicted octanol–water partition coefficient (Wildman–Crippen LogP) is 1.35. The smallest absolute Gasteiger partial charge is 0.162 e. The molecule has 1 rings (SSSR count). The fourth-order valence-corrected chi connectivity index (χ4v) is 5.39. The van der Waals surface area contributed by atoms with Crippen molar-refractivity contribution in [2.75, 3.05) is 18.5 Å². The Bertz CT molecular complexity index is 263. The van der Waals surface area contributed by atoms with Gasteiger partial charge >= 0.3 is 0 Å². The normalized spacial score (nSPS) is 35.6. The topological polar surface area (TPSA) is 43.4 Å². The Morgan fingerprint density at radius 1 is 1.54 bits per heavy atom. The van der Waals surface area contributed by atoms with E-state index in [0.717, 1.165) is 0 Å². The number of hydrogen-bond acceptors (Lipinski definition) is 3. The first-order chi connectivity index (χ1) is 6.00. The fourth-order valence-electron chi connectivity index (χ4n) is 1.28. The molecule has 0 spiro atoms. The highest BCUT2D eigenvalue weighted by Gasteiger charge is 2.39. The van der Waals surface area contributed by atoms with Gasteiger partial charge in [0.05, 0.1) is 23.7 Å². The zero-order valence-corrected chi connectivity index (χ0v) is 11.2. The second-order valence-corrected chi connectivity index (χ2v) is 7.66. The molecule has 0 aromatic heterocycles. The van der Waals surface area contributed by atoms with Crippen LogP contribution in [0.25, 0.3) is 0 Å². The summed E-state index contributed by atoms with van der Waals surface area (Å²) < 4.78 is 28.9. The third-order valence-corrected chi connectivity index (χ3v) is 6.98. The zero-order valence-electron chi connectivity index (χ0n) is 7.24. The van der Waals surface area contributed by atoms with Crippen LogP contribution in [0.15, 0.2) is 0 Å². The van der Waals surface area contributed by atoms with Crippen LogP contribution in [0.5, 0.6) is 0 Å². The maximum atomic E-state index is 11.8. The summed E-state index contributed by atoms with van der Waals surface area (Å²) in [4.78, 5) is -0.0562. The van der Waals surface area contributed by atoms with Crippen LogP contribution in [0.4, 0.5) is 0 Å². The summed E-state index contributed by atoms with van der Waals surface area (Å²) >= 11 is 6.48. The van der Waals surface area contributed by atoms with Crippen molar-refractivity contribution in [1.82, 2.24) is 0 Å². The third kappa shape index (κ3) is 2.46. The molecule has 13 heavy (non-hydrogen) atoms. The van der Waals surface area contributed by atoms with E-state index < -0.39 is 20.3 Å². The van der Waals surface area contributed by atoms with Gasteiger partial charge in [0.2, 0.25) is 0 Å². The van der Waals surface area contributed by atoms with Gasteiger partial charge < -0.3 is 4.74 Å². The molecular weight excluding hydrogens is 324 g/mol. The van der Waals surface area contributed by atoms with Crippen molar-refractivity contribution in [2.24, 2.45) is 0 Å². The molecule has 3 nitrogen and oxygen atoms in total. The van der Waals surface area contributed by atoms with Crippen LogP contribution in [0.3, 0.4) is 0 Å². The molecule has 0 radical (unpaired) electrons. The van der Waals surface area contributed by atoms with E-state index in [1.165, 1.54) is 0 Å². The monoisotopic (exact) mass is 334 g/mol. The Hall–Kier alpha value is 0.870. The molecule has 1 aliphatic heterocycles. The van der Waals surface area contributed by atoms with Crippen molar-refractivity contribution in [3.8, 4) is 0 Å². The predicted molar refractivity (Wildman–Crippen MR) is 59.5 cm³/mol. The first kappa shape index (κ1) is 11.9. The number of alkyl halides is 2. The van der Waals surface area contributed by atoms with E-state index >= 15 is 0 Å². The molecule has 0 saturated carbocycles. The lowest BCUT2D eigenvalue weighted by molar-refractivity contribution is 0.124. The van der Waals surface area contributed by atoms with Crippen molar-refractivity contribution in [3.63, 3.8) is 0 Å². The summed E-state index contributed by atoms with van der Waals surface area (Å²) in [5, 5.41) is -0.360. The van der Waals surface area contributed by atoms with Crippen molar-refractivity contribution >= 4 is 41.7 Å². The number of hydrogen-bond donors (Lipinski definition) is 0.